The molecule has 0 radical (unpaired) electrons. The van der Waals surface area contributed by atoms with Crippen LogP contribution < -0.4 is 0 Å². The standard InChI is InChI=1S/C23H24N2O7/c1-23(2,3)32-22(28)24-13-17-8-5-4-7-15(17)12-19(24)21(27)31-14-20(26)16-9-6-10-18(11-16)25(29)30/h4-11,19H,12-14H2,1-3H3/t19-/m0/s1. The van der Waals surface area contributed by atoms with E-state index in [4.69, 9.17) is 9.47 Å². The molecule has 2 aromatic rings. The molecule has 168 valence electrons. The van der Waals surface area contributed by atoms with Crippen molar-refractivity contribution in [3.8, 4) is 0 Å². The van der Waals surface area contributed by atoms with Crippen molar-refractivity contribution in [2.24, 2.45) is 0 Å². The normalized spacial score (nSPS) is 15.5. The van der Waals surface area contributed by atoms with Crippen LogP contribution in [-0.4, -0.2) is 45.9 Å². The average molecular weight is 440 g/mol. The predicted molar refractivity (Wildman–Crippen MR) is 114 cm³/mol. The molecule has 1 aliphatic heterocycles. The SMILES string of the molecule is CC(C)(C)OC(=O)N1Cc2ccccc2C[C@H]1C(=O)OCC(=O)c1cccc([N+](=O)[O-])c1. The minimum absolute atomic E-state index is 0.0602. The molecular weight excluding hydrogens is 416 g/mol. The number of carbonyl (C=O) groups excluding carboxylic acids is 3. The second kappa shape index (κ2) is 9.17. The van der Waals surface area contributed by atoms with Gasteiger partial charge in [-0.05, 0) is 31.9 Å². The van der Waals surface area contributed by atoms with Crippen LogP contribution >= 0.6 is 0 Å². The Morgan fingerprint density at radius 2 is 1.78 bits per heavy atom. The molecule has 1 aliphatic rings. The van der Waals surface area contributed by atoms with Gasteiger partial charge < -0.3 is 9.47 Å². The number of nitrogens with zero attached hydrogens (tertiary/aromatic N) is 2. The molecule has 0 saturated carbocycles. The molecule has 0 saturated heterocycles. The number of amides is 1. The van der Waals surface area contributed by atoms with Crippen LogP contribution in [0.1, 0.15) is 42.3 Å². The van der Waals surface area contributed by atoms with Crippen LogP contribution in [0.15, 0.2) is 48.5 Å². The minimum Gasteiger partial charge on any atom is -0.456 e. The third-order valence-electron chi connectivity index (χ3n) is 4.87. The summed E-state index contributed by atoms with van der Waals surface area (Å²) in [6.07, 6.45) is -0.432. The van der Waals surface area contributed by atoms with Crippen molar-refractivity contribution in [2.75, 3.05) is 6.61 Å². The number of nitro benzene ring substituents is 1. The van der Waals surface area contributed by atoms with Crippen LogP contribution in [0.2, 0.25) is 0 Å². The summed E-state index contributed by atoms with van der Waals surface area (Å²) in [4.78, 5) is 49.6. The second-order valence-corrected chi connectivity index (χ2v) is 8.44. The van der Waals surface area contributed by atoms with Crippen LogP contribution in [0.3, 0.4) is 0 Å². The first-order valence-electron chi connectivity index (χ1n) is 10.1. The lowest BCUT2D eigenvalue weighted by atomic mass is 9.94. The Morgan fingerprint density at radius 3 is 2.44 bits per heavy atom. The number of hydrogen-bond acceptors (Lipinski definition) is 7. The molecule has 0 fully saturated rings. The van der Waals surface area contributed by atoms with E-state index in [1.54, 1.807) is 20.8 Å². The van der Waals surface area contributed by atoms with E-state index in [1.165, 1.54) is 23.1 Å². The fourth-order valence-electron chi connectivity index (χ4n) is 3.36. The van der Waals surface area contributed by atoms with Gasteiger partial charge in [-0.3, -0.25) is 19.8 Å². The highest BCUT2D eigenvalue weighted by molar-refractivity contribution is 5.98. The van der Waals surface area contributed by atoms with Crippen molar-refractivity contribution in [3.63, 3.8) is 0 Å². The van der Waals surface area contributed by atoms with E-state index in [0.717, 1.165) is 17.2 Å². The minimum atomic E-state index is -0.961. The van der Waals surface area contributed by atoms with E-state index in [2.05, 4.69) is 0 Å². The number of rotatable bonds is 5. The zero-order valence-corrected chi connectivity index (χ0v) is 18.1. The lowest BCUT2D eigenvalue weighted by Gasteiger charge is -2.36. The maximum Gasteiger partial charge on any atom is 0.411 e. The van der Waals surface area contributed by atoms with Crippen LogP contribution in [-0.2, 0) is 27.2 Å². The summed E-state index contributed by atoms with van der Waals surface area (Å²) >= 11 is 0. The molecule has 0 unspecified atom stereocenters. The topological polar surface area (TPSA) is 116 Å². The molecule has 9 heteroatoms. The lowest BCUT2D eigenvalue weighted by molar-refractivity contribution is -0.384. The molecule has 3 rings (SSSR count). The van der Waals surface area contributed by atoms with Crippen molar-refractivity contribution in [2.45, 2.75) is 45.4 Å². The summed E-state index contributed by atoms with van der Waals surface area (Å²) in [7, 11) is 0. The van der Waals surface area contributed by atoms with Gasteiger partial charge in [0, 0.05) is 24.1 Å². The maximum absolute atomic E-state index is 12.9. The summed E-state index contributed by atoms with van der Waals surface area (Å²) in [6, 6.07) is 11.7. The molecule has 0 spiro atoms. The zero-order chi connectivity index (χ0) is 23.5. The number of hydrogen-bond donors (Lipinski definition) is 0. The molecule has 32 heavy (non-hydrogen) atoms. The van der Waals surface area contributed by atoms with Gasteiger partial charge in [0.25, 0.3) is 5.69 Å². The molecule has 0 aromatic heterocycles. The van der Waals surface area contributed by atoms with E-state index >= 15 is 0 Å². The van der Waals surface area contributed by atoms with Gasteiger partial charge in [-0.1, -0.05) is 36.4 Å². The summed E-state index contributed by atoms with van der Waals surface area (Å²) in [5.74, 6) is -1.33. The monoisotopic (exact) mass is 440 g/mol. The Labute approximate surface area is 185 Å². The van der Waals surface area contributed by atoms with Gasteiger partial charge in [0.05, 0.1) is 11.5 Å². The van der Waals surface area contributed by atoms with E-state index in [0.29, 0.717) is 0 Å². The summed E-state index contributed by atoms with van der Waals surface area (Å²) in [5, 5.41) is 10.9. The number of ether oxygens (including phenoxy) is 2. The van der Waals surface area contributed by atoms with Crippen molar-refractivity contribution in [1.29, 1.82) is 0 Å². The average Bonchev–Trinajstić information content (AvgIpc) is 2.75. The molecular formula is C23H24N2O7. The first kappa shape index (κ1) is 22.9. The van der Waals surface area contributed by atoms with Crippen LogP contribution in [0.5, 0.6) is 0 Å². The van der Waals surface area contributed by atoms with Crippen molar-refractivity contribution in [3.05, 3.63) is 75.3 Å². The Kier molecular flexibility index (Phi) is 6.57. The summed E-state index contributed by atoms with van der Waals surface area (Å²) < 4.78 is 10.7. The molecule has 2 aromatic carbocycles. The molecule has 1 heterocycles. The van der Waals surface area contributed by atoms with E-state index < -0.39 is 41.0 Å². The molecule has 9 nitrogen and oxygen atoms in total. The Bertz CT molecular complexity index is 1060. The highest BCUT2D eigenvalue weighted by Crippen LogP contribution is 2.26. The zero-order valence-electron chi connectivity index (χ0n) is 18.1. The van der Waals surface area contributed by atoms with Gasteiger partial charge in [0.1, 0.15) is 11.6 Å². The number of esters is 1. The predicted octanol–water partition coefficient (Wildman–Crippen LogP) is 3.68. The second-order valence-electron chi connectivity index (χ2n) is 8.44. The lowest BCUT2D eigenvalue weighted by Crippen LogP contribution is -2.51. The number of non-ortho nitro benzene ring substituents is 1. The number of Topliss-reactive ketones (excluding diaryl/α,β-unsaturated/α-hetero) is 1. The summed E-state index contributed by atoms with van der Waals surface area (Å²) in [6.45, 7) is 4.76. The van der Waals surface area contributed by atoms with E-state index in [9.17, 15) is 24.5 Å². The number of nitro groups is 1. The van der Waals surface area contributed by atoms with Crippen LogP contribution in [0.4, 0.5) is 10.5 Å². The van der Waals surface area contributed by atoms with Gasteiger partial charge in [0.15, 0.2) is 6.61 Å². The van der Waals surface area contributed by atoms with Gasteiger partial charge in [-0.15, -0.1) is 0 Å². The highest BCUT2D eigenvalue weighted by atomic mass is 16.6. The van der Waals surface area contributed by atoms with E-state index in [-0.39, 0.29) is 24.2 Å². The number of fused-ring (bicyclic) bond motifs is 1. The van der Waals surface area contributed by atoms with Crippen molar-refractivity contribution < 1.29 is 28.8 Å². The van der Waals surface area contributed by atoms with Crippen molar-refractivity contribution >= 4 is 23.5 Å². The molecule has 1 amide bonds. The number of ketones is 1. The fourth-order valence-corrected chi connectivity index (χ4v) is 3.36. The van der Waals surface area contributed by atoms with Gasteiger partial charge in [0.2, 0.25) is 5.78 Å². The molecule has 0 N–H and O–H groups in total. The largest absolute Gasteiger partial charge is 0.456 e. The van der Waals surface area contributed by atoms with E-state index in [1.807, 2.05) is 24.3 Å². The van der Waals surface area contributed by atoms with Crippen LogP contribution in [0, 0.1) is 10.1 Å². The first-order chi connectivity index (χ1) is 15.0. The Balaban J connectivity index is 1.75. The first-order valence-corrected chi connectivity index (χ1v) is 10.1. The van der Waals surface area contributed by atoms with Crippen LogP contribution in [0.25, 0.3) is 0 Å². The number of benzene rings is 2. The third-order valence-corrected chi connectivity index (χ3v) is 4.87. The maximum atomic E-state index is 12.9. The quantitative estimate of drug-likeness (QED) is 0.301. The van der Waals surface area contributed by atoms with Crippen molar-refractivity contribution in [1.82, 2.24) is 4.90 Å². The molecule has 0 bridgehead atoms. The third kappa shape index (κ3) is 5.48. The number of carbonyl (C=O) groups is 3. The summed E-state index contributed by atoms with van der Waals surface area (Å²) in [5.41, 5.74) is 0.877. The highest BCUT2D eigenvalue weighted by Gasteiger charge is 2.38. The smallest absolute Gasteiger partial charge is 0.411 e. The van der Waals surface area contributed by atoms with Gasteiger partial charge in [-0.2, -0.15) is 0 Å². The molecule has 0 aliphatic carbocycles. The van der Waals surface area contributed by atoms with Gasteiger partial charge in [-0.25, -0.2) is 9.59 Å². The fraction of sp³-hybridized carbons (Fsp3) is 0.348. The molecule has 1 atom stereocenters. The Morgan fingerprint density at radius 1 is 1.09 bits per heavy atom. The Hall–Kier alpha value is -3.75. The van der Waals surface area contributed by atoms with Gasteiger partial charge >= 0.3 is 12.1 Å².